The molecule has 0 amide bonds. The van der Waals surface area contributed by atoms with Gasteiger partial charge in [-0.3, -0.25) is 13.6 Å². The Morgan fingerprint density at radius 1 is 0.640 bits per heavy atom. The highest BCUT2D eigenvalue weighted by molar-refractivity contribution is 7.48. The van der Waals surface area contributed by atoms with Crippen LogP contribution in [0.5, 0.6) is 0 Å². The Hall–Kier alpha value is -0.650. The second-order valence-corrected chi connectivity index (χ2v) is 14.8. The van der Waals surface area contributed by atoms with Gasteiger partial charge in [-0.15, -0.1) is 13.2 Å². The lowest BCUT2D eigenvalue weighted by Gasteiger charge is -2.43. The van der Waals surface area contributed by atoms with E-state index in [9.17, 15) is 14.8 Å². The first kappa shape index (κ1) is 43.8. The number of aliphatic hydroxyl groups is 2. The highest BCUT2D eigenvalue weighted by Crippen LogP contribution is 2.49. The molecule has 2 N–H and O–H groups in total. The average molecular weight is 737 g/mol. The Bertz CT molecular complexity index is 887. The lowest BCUT2D eigenvalue weighted by Crippen LogP contribution is -2.61. The normalized spacial score (nSPS) is 22.9. The minimum Gasteiger partial charge on any atom is -0.394 e. The van der Waals surface area contributed by atoms with Crippen molar-refractivity contribution in [3.8, 4) is 0 Å². The van der Waals surface area contributed by atoms with Gasteiger partial charge in [0.25, 0.3) is 0 Å². The van der Waals surface area contributed by atoms with Gasteiger partial charge in [0.05, 0.1) is 35.8 Å². The minimum absolute atomic E-state index is 0.0183. The van der Waals surface area contributed by atoms with Crippen molar-refractivity contribution in [2.75, 3.05) is 46.2 Å². The summed E-state index contributed by atoms with van der Waals surface area (Å²) in [5.74, 6) is 0. The van der Waals surface area contributed by atoms with E-state index in [-0.39, 0.29) is 32.8 Å². The van der Waals surface area contributed by atoms with Crippen LogP contribution in [-0.4, -0.2) is 87.1 Å². The van der Waals surface area contributed by atoms with E-state index in [0.717, 1.165) is 38.5 Å². The fraction of sp³-hybridized carbons (Fsp3) is 0.897. The molecule has 0 aliphatic carbocycles. The van der Waals surface area contributed by atoms with Crippen molar-refractivity contribution in [2.45, 2.75) is 179 Å². The summed E-state index contributed by atoms with van der Waals surface area (Å²) in [6.07, 6.45) is 19.6. The van der Waals surface area contributed by atoms with Crippen molar-refractivity contribution in [2.24, 2.45) is 0 Å². The summed E-state index contributed by atoms with van der Waals surface area (Å²) in [7, 11) is -3.84. The van der Waals surface area contributed by atoms with Crippen LogP contribution < -0.4 is 0 Å². The van der Waals surface area contributed by atoms with E-state index in [0.29, 0.717) is 12.8 Å². The molecule has 0 aromatic heterocycles. The second-order valence-electron chi connectivity index (χ2n) is 13.2. The molecule has 1 fully saturated rings. The molecule has 1 heterocycles. The monoisotopic (exact) mass is 737 g/mol. The van der Waals surface area contributed by atoms with E-state index < -0.39 is 58.3 Å². The molecule has 0 bridgehead atoms. The van der Waals surface area contributed by atoms with Crippen molar-refractivity contribution in [1.29, 1.82) is 0 Å². The standard InChI is InChI=1S/C39H75O10P/c1-5-9-11-13-15-17-19-21-23-25-30-43-37-36(41)35(34-40)49-39(38(37)44-31-26-24-22-20-18-16-14-12-10-6-2)45-32-27-33-48-50(42,46-28-7-3)47-29-8-4/h7-8,35-41H,3-6,9-34H2,1-2H3/t35-,36-,37+,38-,39?/m1/s1/i30D,31D/t30?,31?,35-,36-,37+,38-,39?. The maximum Gasteiger partial charge on any atom is 0.475 e. The van der Waals surface area contributed by atoms with Gasteiger partial charge in [0.2, 0.25) is 0 Å². The van der Waals surface area contributed by atoms with Crippen LogP contribution in [0, 0.1) is 0 Å². The van der Waals surface area contributed by atoms with Gasteiger partial charge in [-0.25, -0.2) is 4.57 Å². The first-order valence-electron chi connectivity index (χ1n) is 20.9. The molecule has 3 unspecified atom stereocenters. The van der Waals surface area contributed by atoms with Crippen molar-refractivity contribution >= 4 is 7.82 Å². The molecule has 0 aromatic rings. The largest absolute Gasteiger partial charge is 0.475 e. The fourth-order valence-electron chi connectivity index (χ4n) is 5.75. The molecule has 10 nitrogen and oxygen atoms in total. The Balaban J connectivity index is 2.82. The maximum atomic E-state index is 12.8. The summed E-state index contributed by atoms with van der Waals surface area (Å²) in [6, 6.07) is 0. The van der Waals surface area contributed by atoms with Crippen LogP contribution in [0.1, 0.15) is 151 Å². The maximum absolute atomic E-state index is 12.8. The average Bonchev–Trinajstić information content (AvgIpc) is 3.13. The van der Waals surface area contributed by atoms with E-state index in [1.807, 2.05) is 0 Å². The van der Waals surface area contributed by atoms with E-state index in [4.69, 9.17) is 35.3 Å². The molecule has 1 aliphatic heterocycles. The topological polar surface area (TPSA) is 122 Å². The van der Waals surface area contributed by atoms with Crippen LogP contribution in [0.2, 0.25) is 0 Å². The lowest BCUT2D eigenvalue weighted by molar-refractivity contribution is -0.316. The Kier molecular flexibility index (Phi) is 28.8. The summed E-state index contributed by atoms with van der Waals surface area (Å²) >= 11 is 0. The zero-order valence-corrected chi connectivity index (χ0v) is 32.5. The summed E-state index contributed by atoms with van der Waals surface area (Å²) in [6.45, 7) is 9.21. The van der Waals surface area contributed by atoms with Crippen molar-refractivity contribution in [3.05, 3.63) is 25.3 Å². The third kappa shape index (κ3) is 23.1. The highest BCUT2D eigenvalue weighted by atomic mass is 31.2. The summed E-state index contributed by atoms with van der Waals surface area (Å²) in [5, 5.41) is 21.3. The molecular formula is C39H75O10P. The second kappa shape index (κ2) is 33.0. The zero-order valence-electron chi connectivity index (χ0n) is 33.6. The van der Waals surface area contributed by atoms with Gasteiger partial charge in [-0.1, -0.05) is 142 Å². The summed E-state index contributed by atoms with van der Waals surface area (Å²) in [4.78, 5) is 0. The van der Waals surface area contributed by atoms with Crippen LogP contribution in [0.4, 0.5) is 0 Å². The number of phosphoric acid groups is 1. The molecule has 11 heteroatoms. The summed E-state index contributed by atoms with van der Waals surface area (Å²) < 4.78 is 70.4. The predicted octanol–water partition coefficient (Wildman–Crippen LogP) is 9.61. The number of ether oxygens (including phenoxy) is 4. The first-order chi connectivity index (χ1) is 25.2. The molecular weight excluding hydrogens is 659 g/mol. The van der Waals surface area contributed by atoms with Crippen LogP contribution in [0.3, 0.4) is 0 Å². The molecule has 1 rings (SSSR count). The molecule has 0 spiro atoms. The van der Waals surface area contributed by atoms with Crippen LogP contribution in [-0.2, 0) is 37.1 Å². The van der Waals surface area contributed by atoms with Crippen molar-refractivity contribution in [3.63, 3.8) is 0 Å². The number of rotatable bonds is 37. The van der Waals surface area contributed by atoms with Gasteiger partial charge < -0.3 is 29.2 Å². The molecule has 0 saturated carbocycles. The SMILES string of the molecule is [2H]C(CCCCCCCCCCC)O[C@H]1[C@H](O)[C@@H](CO)OC(OCCCOP(=O)(OCC=C)OCC=C)[C@@H]1OC([2H])CCCCCCCCCCC. The lowest BCUT2D eigenvalue weighted by atomic mass is 9.98. The Morgan fingerprint density at radius 2 is 1.08 bits per heavy atom. The quantitative estimate of drug-likeness (QED) is 0.0362. The Labute approximate surface area is 308 Å². The third-order valence-electron chi connectivity index (χ3n) is 8.68. The molecule has 1 aliphatic rings. The van der Waals surface area contributed by atoms with Crippen LogP contribution in [0.15, 0.2) is 25.3 Å². The highest BCUT2D eigenvalue weighted by Gasteiger charge is 2.47. The van der Waals surface area contributed by atoms with Crippen molar-refractivity contribution < 1.29 is 50.0 Å². The third-order valence-corrected chi connectivity index (χ3v) is 10.1. The molecule has 50 heavy (non-hydrogen) atoms. The van der Waals surface area contributed by atoms with Crippen LogP contribution in [0.25, 0.3) is 0 Å². The van der Waals surface area contributed by atoms with Gasteiger partial charge in [-0.2, -0.15) is 0 Å². The van der Waals surface area contributed by atoms with Gasteiger partial charge in [0.15, 0.2) is 6.29 Å². The van der Waals surface area contributed by atoms with Gasteiger partial charge in [0, 0.05) is 13.2 Å². The predicted molar refractivity (Wildman–Crippen MR) is 201 cm³/mol. The first-order valence-corrected chi connectivity index (χ1v) is 21.2. The van der Waals surface area contributed by atoms with Gasteiger partial charge in [0.1, 0.15) is 24.4 Å². The molecule has 1 saturated heterocycles. The molecule has 296 valence electrons. The molecule has 0 aromatic carbocycles. The number of phosphoric ester groups is 1. The number of aliphatic hydroxyl groups excluding tert-OH is 2. The Morgan fingerprint density at radius 3 is 1.52 bits per heavy atom. The van der Waals surface area contributed by atoms with Gasteiger partial charge >= 0.3 is 7.82 Å². The van der Waals surface area contributed by atoms with Crippen molar-refractivity contribution in [1.82, 2.24) is 0 Å². The number of hydrogen-bond donors (Lipinski definition) is 2. The van der Waals surface area contributed by atoms with Gasteiger partial charge in [-0.05, 0) is 19.3 Å². The zero-order chi connectivity index (χ0) is 38.3. The van der Waals surface area contributed by atoms with E-state index in [1.54, 1.807) is 0 Å². The number of hydrogen-bond acceptors (Lipinski definition) is 10. The smallest absolute Gasteiger partial charge is 0.394 e. The van der Waals surface area contributed by atoms with E-state index in [1.165, 1.54) is 89.2 Å². The van der Waals surface area contributed by atoms with E-state index >= 15 is 0 Å². The van der Waals surface area contributed by atoms with E-state index in [2.05, 4.69) is 27.0 Å². The molecule has 7 atom stereocenters. The number of unbranched alkanes of at least 4 members (excludes halogenated alkanes) is 16. The van der Waals surface area contributed by atoms with Crippen LogP contribution >= 0.6 is 7.82 Å². The molecule has 0 radical (unpaired) electrons. The summed E-state index contributed by atoms with van der Waals surface area (Å²) in [5.41, 5.74) is 0. The minimum atomic E-state index is -3.84. The fourth-order valence-corrected chi connectivity index (χ4v) is 6.90.